The molecule has 10 nitrogen and oxygen atoms in total. The second kappa shape index (κ2) is 12.3. The van der Waals surface area contributed by atoms with Gasteiger partial charge in [-0.2, -0.15) is 0 Å². The van der Waals surface area contributed by atoms with Crippen LogP contribution in [-0.2, 0) is 19.2 Å². The molecule has 5 atom stereocenters. The third-order valence-corrected chi connectivity index (χ3v) is 4.34. The van der Waals surface area contributed by atoms with E-state index in [9.17, 15) is 24.3 Å². The van der Waals surface area contributed by atoms with Gasteiger partial charge in [0.2, 0.25) is 17.7 Å². The van der Waals surface area contributed by atoms with Gasteiger partial charge in [-0.3, -0.25) is 14.4 Å². The first kappa shape index (κ1) is 25.8. The quantitative estimate of drug-likeness (QED) is 0.242. The Morgan fingerprint density at radius 1 is 0.964 bits per heavy atom. The van der Waals surface area contributed by atoms with E-state index in [1.54, 1.807) is 6.92 Å². The molecule has 3 amide bonds. The van der Waals surface area contributed by atoms with Gasteiger partial charge in [-0.15, -0.1) is 0 Å². The van der Waals surface area contributed by atoms with Crippen molar-refractivity contribution in [3.63, 3.8) is 0 Å². The summed E-state index contributed by atoms with van der Waals surface area (Å²) >= 11 is 0. The number of amides is 3. The number of rotatable bonds is 12. The number of carbonyl (C=O) groups excluding carboxylic acids is 3. The van der Waals surface area contributed by atoms with Crippen molar-refractivity contribution in [2.24, 2.45) is 17.6 Å². The van der Waals surface area contributed by atoms with E-state index in [0.717, 1.165) is 0 Å². The predicted molar refractivity (Wildman–Crippen MR) is 103 cm³/mol. The van der Waals surface area contributed by atoms with Gasteiger partial charge >= 0.3 is 5.97 Å². The van der Waals surface area contributed by atoms with Gasteiger partial charge in [0.05, 0.1) is 18.7 Å². The second-order valence-corrected chi connectivity index (χ2v) is 7.45. The van der Waals surface area contributed by atoms with Gasteiger partial charge < -0.3 is 31.9 Å². The molecular weight excluding hydrogens is 368 g/mol. The molecule has 0 aromatic rings. The van der Waals surface area contributed by atoms with Crippen molar-refractivity contribution < 1.29 is 29.4 Å². The first-order chi connectivity index (χ1) is 12.9. The third-order valence-electron chi connectivity index (χ3n) is 4.34. The zero-order valence-electron chi connectivity index (χ0n) is 17.2. The fraction of sp³-hybridized carbons (Fsp3) is 0.778. The highest BCUT2D eigenvalue weighted by atomic mass is 16.4. The van der Waals surface area contributed by atoms with Crippen LogP contribution in [0.4, 0.5) is 0 Å². The minimum absolute atomic E-state index is 0.226. The van der Waals surface area contributed by atoms with E-state index >= 15 is 0 Å². The van der Waals surface area contributed by atoms with Crippen LogP contribution in [-0.4, -0.2) is 64.7 Å². The molecule has 7 N–H and O–H groups in total. The Morgan fingerprint density at radius 3 is 1.96 bits per heavy atom. The number of carboxylic acids is 1. The molecule has 162 valence electrons. The van der Waals surface area contributed by atoms with Crippen molar-refractivity contribution in [1.29, 1.82) is 0 Å². The molecule has 0 aliphatic rings. The van der Waals surface area contributed by atoms with Gasteiger partial charge in [0.25, 0.3) is 0 Å². The summed E-state index contributed by atoms with van der Waals surface area (Å²) < 4.78 is 0. The molecule has 0 aliphatic carbocycles. The lowest BCUT2D eigenvalue weighted by atomic mass is 9.97. The van der Waals surface area contributed by atoms with Crippen molar-refractivity contribution in [1.82, 2.24) is 16.0 Å². The molecule has 10 heteroatoms. The van der Waals surface area contributed by atoms with Crippen molar-refractivity contribution in [2.75, 3.05) is 6.54 Å². The zero-order chi connectivity index (χ0) is 22.0. The SMILES string of the molecule is CCC(C)C(NC(=O)CNC(=O)C(N)CC(C)C)C(=O)NC(C(=O)O)C(C)O. The van der Waals surface area contributed by atoms with Crippen LogP contribution in [0.15, 0.2) is 0 Å². The number of aliphatic carboxylic acids is 1. The molecule has 0 aromatic carbocycles. The number of nitrogens with one attached hydrogen (secondary N) is 3. The number of nitrogens with two attached hydrogens (primary N) is 1. The number of hydrogen-bond acceptors (Lipinski definition) is 6. The summed E-state index contributed by atoms with van der Waals surface area (Å²) in [5, 5.41) is 25.8. The van der Waals surface area contributed by atoms with E-state index < -0.39 is 47.9 Å². The number of carbonyl (C=O) groups is 4. The van der Waals surface area contributed by atoms with E-state index in [4.69, 9.17) is 10.8 Å². The standard InChI is InChI=1S/C18H34N4O6/c1-6-10(4)14(17(26)22-15(11(5)23)18(27)28)21-13(24)8-20-16(25)12(19)7-9(2)3/h9-12,14-15,23H,6-8,19H2,1-5H3,(H,20,25)(H,21,24)(H,22,26)(H,27,28). The minimum Gasteiger partial charge on any atom is -0.480 e. The topological polar surface area (TPSA) is 171 Å². The maximum Gasteiger partial charge on any atom is 0.328 e. The maximum absolute atomic E-state index is 12.5. The molecule has 0 bridgehead atoms. The molecule has 0 rings (SSSR count). The van der Waals surface area contributed by atoms with Crippen LogP contribution in [0, 0.1) is 11.8 Å². The molecule has 0 aromatic heterocycles. The van der Waals surface area contributed by atoms with Gasteiger partial charge in [-0.05, 0) is 25.2 Å². The van der Waals surface area contributed by atoms with Crippen LogP contribution in [0.25, 0.3) is 0 Å². The Labute approximate surface area is 165 Å². The summed E-state index contributed by atoms with van der Waals surface area (Å²) in [4.78, 5) is 47.7. The lowest BCUT2D eigenvalue weighted by Crippen LogP contribution is -2.57. The fourth-order valence-electron chi connectivity index (χ4n) is 2.47. The highest BCUT2D eigenvalue weighted by Gasteiger charge is 2.31. The summed E-state index contributed by atoms with van der Waals surface area (Å²) in [5.74, 6) is -3.25. The highest BCUT2D eigenvalue weighted by Crippen LogP contribution is 2.09. The van der Waals surface area contributed by atoms with Gasteiger partial charge in [0.1, 0.15) is 6.04 Å². The van der Waals surface area contributed by atoms with Crippen LogP contribution in [0.2, 0.25) is 0 Å². The molecule has 28 heavy (non-hydrogen) atoms. The van der Waals surface area contributed by atoms with E-state index in [1.165, 1.54) is 6.92 Å². The number of aliphatic hydroxyl groups excluding tert-OH is 1. The van der Waals surface area contributed by atoms with Crippen LogP contribution in [0.5, 0.6) is 0 Å². The number of hydrogen-bond donors (Lipinski definition) is 6. The lowest BCUT2D eigenvalue weighted by molar-refractivity contribution is -0.145. The van der Waals surface area contributed by atoms with Crippen molar-refractivity contribution in [2.45, 2.75) is 71.7 Å². The molecule has 0 saturated carbocycles. The van der Waals surface area contributed by atoms with Crippen molar-refractivity contribution in [3.8, 4) is 0 Å². The van der Waals surface area contributed by atoms with Gasteiger partial charge in [-0.1, -0.05) is 34.1 Å². The van der Waals surface area contributed by atoms with Gasteiger partial charge in [0.15, 0.2) is 6.04 Å². The molecule has 0 spiro atoms. The Hall–Kier alpha value is -2.20. The monoisotopic (exact) mass is 402 g/mol. The van der Waals surface area contributed by atoms with Gasteiger partial charge in [-0.25, -0.2) is 4.79 Å². The van der Waals surface area contributed by atoms with Crippen molar-refractivity contribution >= 4 is 23.7 Å². The highest BCUT2D eigenvalue weighted by molar-refractivity contribution is 5.92. The first-order valence-corrected chi connectivity index (χ1v) is 9.44. The number of aliphatic hydroxyl groups is 1. The van der Waals surface area contributed by atoms with Crippen molar-refractivity contribution in [3.05, 3.63) is 0 Å². The normalized spacial score (nSPS) is 16.4. The number of carboxylic acid groups (broad SMARTS) is 1. The average molecular weight is 402 g/mol. The molecule has 0 fully saturated rings. The largest absolute Gasteiger partial charge is 0.480 e. The maximum atomic E-state index is 12.5. The molecule has 0 heterocycles. The fourth-order valence-corrected chi connectivity index (χ4v) is 2.47. The van der Waals surface area contributed by atoms with E-state index in [2.05, 4.69) is 16.0 Å². The van der Waals surface area contributed by atoms with Crippen LogP contribution in [0.3, 0.4) is 0 Å². The van der Waals surface area contributed by atoms with Crippen LogP contribution >= 0.6 is 0 Å². The van der Waals surface area contributed by atoms with Crippen LogP contribution < -0.4 is 21.7 Å². The predicted octanol–water partition coefficient (Wildman–Crippen LogP) is -1.04. The Kier molecular flexibility index (Phi) is 11.3. The Bertz CT molecular complexity index is 552. The molecule has 5 unspecified atom stereocenters. The van der Waals surface area contributed by atoms with E-state index in [0.29, 0.717) is 12.8 Å². The molecule has 0 saturated heterocycles. The molecule has 0 radical (unpaired) electrons. The minimum atomic E-state index is -1.50. The average Bonchev–Trinajstić information content (AvgIpc) is 2.59. The van der Waals surface area contributed by atoms with E-state index in [-0.39, 0.29) is 18.4 Å². The summed E-state index contributed by atoms with van der Waals surface area (Å²) in [6.07, 6.45) is -0.297. The summed E-state index contributed by atoms with van der Waals surface area (Å²) in [6.45, 7) is 8.27. The third kappa shape index (κ3) is 9.14. The summed E-state index contributed by atoms with van der Waals surface area (Å²) in [5.41, 5.74) is 5.75. The summed E-state index contributed by atoms with van der Waals surface area (Å²) in [6, 6.07) is -3.24. The second-order valence-electron chi connectivity index (χ2n) is 7.45. The van der Waals surface area contributed by atoms with Gasteiger partial charge in [0, 0.05) is 0 Å². The Morgan fingerprint density at radius 2 is 1.54 bits per heavy atom. The Balaban J connectivity index is 4.91. The smallest absolute Gasteiger partial charge is 0.328 e. The summed E-state index contributed by atoms with van der Waals surface area (Å²) in [7, 11) is 0. The molecular formula is C18H34N4O6. The lowest BCUT2D eigenvalue weighted by Gasteiger charge is -2.26. The first-order valence-electron chi connectivity index (χ1n) is 9.44. The van der Waals surface area contributed by atoms with Crippen LogP contribution in [0.1, 0.15) is 47.5 Å². The molecule has 0 aliphatic heterocycles. The van der Waals surface area contributed by atoms with E-state index in [1.807, 2.05) is 20.8 Å². The zero-order valence-corrected chi connectivity index (χ0v) is 17.2.